The lowest BCUT2D eigenvalue weighted by molar-refractivity contribution is 0.564. The second kappa shape index (κ2) is 3.97. The number of nitrogens with two attached hydrogens (primary N) is 1. The first-order valence-corrected chi connectivity index (χ1v) is 2.29. The van der Waals surface area contributed by atoms with Crippen molar-refractivity contribution < 1.29 is 4.39 Å². The van der Waals surface area contributed by atoms with E-state index in [0.29, 0.717) is 5.82 Å². The Hall–Kier alpha value is -0.940. The molecule has 0 saturated heterocycles. The van der Waals surface area contributed by atoms with Gasteiger partial charge in [-0.1, -0.05) is 0 Å². The maximum atomic E-state index is 12.0. The highest BCUT2D eigenvalue weighted by molar-refractivity contribution is 5.85. The fourth-order valence-corrected chi connectivity index (χ4v) is 0.393. The maximum Gasteiger partial charge on any atom is 0.233 e. The molecule has 1 aromatic rings. The number of nitrogen functional groups attached to an aromatic ring is 1. The molecule has 0 spiro atoms. The minimum Gasteiger partial charge on any atom is -0.307 e. The Labute approximate surface area is 63.0 Å². The van der Waals surface area contributed by atoms with Crippen LogP contribution in [0.15, 0.2) is 12.1 Å². The molecular weight excluding hydrogens is 159 g/mol. The van der Waals surface area contributed by atoms with Crippen LogP contribution in [-0.2, 0) is 0 Å². The highest BCUT2D eigenvalue weighted by Gasteiger charge is 1.90. The van der Waals surface area contributed by atoms with Crippen LogP contribution in [0.2, 0.25) is 0 Å². The van der Waals surface area contributed by atoms with E-state index in [1.54, 1.807) is 0 Å². The maximum absolute atomic E-state index is 12.0. The molecule has 0 amide bonds. The van der Waals surface area contributed by atoms with Gasteiger partial charge in [-0.25, -0.2) is 5.84 Å². The zero-order chi connectivity index (χ0) is 6.69. The molecule has 0 unspecified atom stereocenters. The summed E-state index contributed by atoms with van der Waals surface area (Å²) in [5, 5.41) is 6.43. The van der Waals surface area contributed by atoms with E-state index >= 15 is 0 Å². The van der Waals surface area contributed by atoms with Gasteiger partial charge in [0.2, 0.25) is 5.95 Å². The van der Waals surface area contributed by atoms with Crippen molar-refractivity contribution in [2.45, 2.75) is 0 Å². The van der Waals surface area contributed by atoms with E-state index in [1.807, 2.05) is 0 Å². The number of hydrazine groups is 1. The summed E-state index contributed by atoms with van der Waals surface area (Å²) in [6.07, 6.45) is 0. The number of anilines is 1. The van der Waals surface area contributed by atoms with Gasteiger partial charge in [0.25, 0.3) is 0 Å². The predicted octanol–water partition coefficient (Wildman–Crippen LogP) is 0.323. The van der Waals surface area contributed by atoms with Gasteiger partial charge in [-0.3, -0.25) is 0 Å². The molecule has 0 fully saturated rings. The third-order valence-electron chi connectivity index (χ3n) is 0.780. The van der Waals surface area contributed by atoms with E-state index in [0.717, 1.165) is 0 Å². The van der Waals surface area contributed by atoms with E-state index in [9.17, 15) is 4.39 Å². The zero-order valence-electron chi connectivity index (χ0n) is 4.91. The lowest BCUT2D eigenvalue weighted by atomic mass is 10.5. The molecule has 1 heterocycles. The molecule has 0 aromatic carbocycles. The minimum absolute atomic E-state index is 0. The molecular formula is C4H6ClFN4. The normalized spacial score (nSPS) is 8.20. The standard InChI is InChI=1S/C4H5FN4.ClH/c5-3-1-2-4(7-6)9-8-3;/h1-2H,6H2,(H,7,9);1H. The van der Waals surface area contributed by atoms with E-state index < -0.39 is 5.95 Å². The average molecular weight is 165 g/mol. The zero-order valence-corrected chi connectivity index (χ0v) is 5.73. The summed E-state index contributed by atoms with van der Waals surface area (Å²) >= 11 is 0. The van der Waals surface area contributed by atoms with Gasteiger partial charge in [-0.2, -0.15) is 4.39 Å². The van der Waals surface area contributed by atoms with Crippen LogP contribution in [0.5, 0.6) is 0 Å². The van der Waals surface area contributed by atoms with Crippen molar-refractivity contribution in [2.24, 2.45) is 5.84 Å². The van der Waals surface area contributed by atoms with Crippen LogP contribution < -0.4 is 11.3 Å². The smallest absolute Gasteiger partial charge is 0.233 e. The lowest BCUT2D eigenvalue weighted by Gasteiger charge is -1.92. The Morgan fingerprint density at radius 1 is 1.40 bits per heavy atom. The van der Waals surface area contributed by atoms with Crippen LogP contribution >= 0.6 is 12.4 Å². The van der Waals surface area contributed by atoms with Crippen LogP contribution in [0.25, 0.3) is 0 Å². The number of hydrogen-bond acceptors (Lipinski definition) is 4. The fourth-order valence-electron chi connectivity index (χ4n) is 0.393. The van der Waals surface area contributed by atoms with Crippen molar-refractivity contribution in [1.82, 2.24) is 10.2 Å². The molecule has 4 nitrogen and oxygen atoms in total. The molecule has 10 heavy (non-hydrogen) atoms. The SMILES string of the molecule is Cl.NNc1ccc(F)nn1. The highest BCUT2D eigenvalue weighted by Crippen LogP contribution is 1.96. The van der Waals surface area contributed by atoms with Gasteiger partial charge in [0.1, 0.15) is 0 Å². The van der Waals surface area contributed by atoms with Gasteiger partial charge in [-0.05, 0) is 12.1 Å². The van der Waals surface area contributed by atoms with Gasteiger partial charge in [-0.15, -0.1) is 22.6 Å². The second-order valence-electron chi connectivity index (χ2n) is 1.39. The first kappa shape index (κ1) is 9.06. The Morgan fingerprint density at radius 2 is 2.10 bits per heavy atom. The number of aromatic nitrogens is 2. The molecule has 0 bridgehead atoms. The van der Waals surface area contributed by atoms with Crippen LogP contribution in [0, 0.1) is 5.95 Å². The molecule has 1 aromatic heterocycles. The summed E-state index contributed by atoms with van der Waals surface area (Å²) in [6, 6.07) is 2.56. The molecule has 0 aliphatic heterocycles. The van der Waals surface area contributed by atoms with Crippen LogP contribution in [0.1, 0.15) is 0 Å². The number of nitrogens with one attached hydrogen (secondary N) is 1. The first-order valence-electron chi connectivity index (χ1n) is 2.29. The molecule has 6 heteroatoms. The largest absolute Gasteiger partial charge is 0.307 e. The molecule has 3 N–H and O–H groups in total. The van der Waals surface area contributed by atoms with Crippen molar-refractivity contribution in [3.8, 4) is 0 Å². The molecule has 0 saturated carbocycles. The van der Waals surface area contributed by atoms with Crippen molar-refractivity contribution in [3.63, 3.8) is 0 Å². The molecule has 56 valence electrons. The number of nitrogens with zero attached hydrogens (tertiary/aromatic N) is 2. The van der Waals surface area contributed by atoms with Gasteiger partial charge in [0, 0.05) is 0 Å². The third kappa shape index (κ3) is 2.12. The predicted molar refractivity (Wildman–Crippen MR) is 37.0 cm³/mol. The molecule has 1 rings (SSSR count). The van der Waals surface area contributed by atoms with Crippen molar-refractivity contribution in [2.75, 3.05) is 5.43 Å². The molecule has 0 aliphatic rings. The Morgan fingerprint density at radius 3 is 2.50 bits per heavy atom. The summed E-state index contributed by atoms with van der Waals surface area (Å²) < 4.78 is 12.0. The fraction of sp³-hybridized carbons (Fsp3) is 0. The second-order valence-corrected chi connectivity index (χ2v) is 1.39. The summed E-state index contributed by atoms with van der Waals surface area (Å²) in [5.41, 5.74) is 2.21. The van der Waals surface area contributed by atoms with E-state index in [2.05, 4.69) is 15.6 Å². The summed E-state index contributed by atoms with van der Waals surface area (Å²) in [4.78, 5) is 0. The monoisotopic (exact) mass is 164 g/mol. The van der Waals surface area contributed by atoms with Crippen molar-refractivity contribution in [3.05, 3.63) is 18.1 Å². The summed E-state index contributed by atoms with van der Waals surface area (Å²) in [7, 11) is 0. The quantitative estimate of drug-likeness (QED) is 0.464. The van der Waals surface area contributed by atoms with Gasteiger partial charge < -0.3 is 5.43 Å². The molecule has 0 radical (unpaired) electrons. The van der Waals surface area contributed by atoms with E-state index in [4.69, 9.17) is 5.84 Å². The lowest BCUT2D eigenvalue weighted by Crippen LogP contribution is -2.09. The van der Waals surface area contributed by atoms with Crippen LogP contribution in [-0.4, -0.2) is 10.2 Å². The number of halogens is 2. The van der Waals surface area contributed by atoms with Gasteiger partial charge in [0.05, 0.1) is 0 Å². The topological polar surface area (TPSA) is 63.8 Å². The Bertz CT molecular complexity index is 189. The molecule has 0 aliphatic carbocycles. The van der Waals surface area contributed by atoms with E-state index in [-0.39, 0.29) is 12.4 Å². The first-order chi connectivity index (χ1) is 4.33. The van der Waals surface area contributed by atoms with Crippen molar-refractivity contribution in [1.29, 1.82) is 0 Å². The Kier molecular flexibility index (Phi) is 3.60. The average Bonchev–Trinajstić information content (AvgIpc) is 1.90. The minimum atomic E-state index is -0.617. The van der Waals surface area contributed by atoms with Crippen molar-refractivity contribution >= 4 is 18.2 Å². The summed E-state index contributed by atoms with van der Waals surface area (Å²) in [6.45, 7) is 0. The van der Waals surface area contributed by atoms with Crippen LogP contribution in [0.4, 0.5) is 10.2 Å². The number of rotatable bonds is 1. The van der Waals surface area contributed by atoms with Crippen LogP contribution in [0.3, 0.4) is 0 Å². The van der Waals surface area contributed by atoms with E-state index in [1.165, 1.54) is 12.1 Å². The third-order valence-corrected chi connectivity index (χ3v) is 0.780. The van der Waals surface area contributed by atoms with Gasteiger partial charge in [0.15, 0.2) is 5.82 Å². The molecule has 0 atom stereocenters. The highest BCUT2D eigenvalue weighted by atomic mass is 35.5. The number of hydrogen-bond donors (Lipinski definition) is 2. The van der Waals surface area contributed by atoms with Gasteiger partial charge >= 0.3 is 0 Å². The summed E-state index contributed by atoms with van der Waals surface area (Å²) in [5.74, 6) is 4.65. The Balaban J connectivity index is 0.000000810.